The van der Waals surface area contributed by atoms with Crippen LogP contribution in [-0.2, 0) is 9.53 Å². The van der Waals surface area contributed by atoms with E-state index in [2.05, 4.69) is 0 Å². The van der Waals surface area contributed by atoms with E-state index in [1.54, 1.807) is 0 Å². The summed E-state index contributed by atoms with van der Waals surface area (Å²) in [5, 5.41) is 18.0. The Bertz CT molecular complexity index is 170. The Balaban J connectivity index is 2.52. The normalized spacial score (nSPS) is 36.1. The first-order valence-electron chi connectivity index (χ1n) is 4.14. The van der Waals surface area contributed by atoms with Gasteiger partial charge in [0.1, 0.15) is 0 Å². The lowest BCUT2D eigenvalue weighted by Gasteiger charge is -2.12. The maximum absolute atomic E-state index is 10.6. The lowest BCUT2D eigenvalue weighted by Crippen LogP contribution is -2.34. The van der Waals surface area contributed by atoms with Crippen molar-refractivity contribution in [3.63, 3.8) is 0 Å². The molecule has 1 heterocycles. The van der Waals surface area contributed by atoms with Crippen LogP contribution in [0.1, 0.15) is 19.8 Å². The van der Waals surface area contributed by atoms with Gasteiger partial charge in [0, 0.05) is 6.61 Å². The van der Waals surface area contributed by atoms with Crippen LogP contribution in [-0.4, -0.2) is 40.9 Å². The van der Waals surface area contributed by atoms with Crippen molar-refractivity contribution >= 4 is 6.29 Å². The number of carbonyl (C=O) groups excluding carboxylic acids is 1. The second-order valence-electron chi connectivity index (χ2n) is 3.01. The van der Waals surface area contributed by atoms with Gasteiger partial charge < -0.3 is 14.9 Å². The van der Waals surface area contributed by atoms with E-state index in [1.807, 2.05) is 6.92 Å². The van der Waals surface area contributed by atoms with Crippen molar-refractivity contribution in [1.29, 1.82) is 0 Å². The molecule has 70 valence electrons. The van der Waals surface area contributed by atoms with Gasteiger partial charge in [-0.05, 0) is 12.8 Å². The van der Waals surface area contributed by atoms with E-state index in [1.165, 1.54) is 0 Å². The van der Waals surface area contributed by atoms with Crippen LogP contribution in [0.3, 0.4) is 0 Å². The van der Waals surface area contributed by atoms with E-state index in [0.29, 0.717) is 12.7 Å². The molecule has 4 heteroatoms. The fourth-order valence-electron chi connectivity index (χ4n) is 1.44. The van der Waals surface area contributed by atoms with Crippen molar-refractivity contribution in [2.24, 2.45) is 0 Å². The molecule has 0 unspecified atom stereocenters. The highest BCUT2D eigenvalue weighted by atomic mass is 16.6. The van der Waals surface area contributed by atoms with Crippen LogP contribution in [0.4, 0.5) is 0 Å². The van der Waals surface area contributed by atoms with Gasteiger partial charge in [-0.15, -0.1) is 0 Å². The predicted molar refractivity (Wildman–Crippen MR) is 41.7 cm³/mol. The van der Waals surface area contributed by atoms with E-state index < -0.39 is 11.7 Å². The van der Waals surface area contributed by atoms with Crippen molar-refractivity contribution in [3.05, 3.63) is 0 Å². The van der Waals surface area contributed by atoms with Gasteiger partial charge in [0.2, 0.25) is 0 Å². The van der Waals surface area contributed by atoms with Crippen LogP contribution in [0.2, 0.25) is 0 Å². The Hall–Kier alpha value is -0.450. The van der Waals surface area contributed by atoms with Crippen molar-refractivity contribution in [3.8, 4) is 0 Å². The van der Waals surface area contributed by atoms with Crippen LogP contribution < -0.4 is 0 Å². The summed E-state index contributed by atoms with van der Waals surface area (Å²) in [7, 11) is 0. The molecule has 0 amide bonds. The molecule has 4 nitrogen and oxygen atoms in total. The topological polar surface area (TPSA) is 70.1 Å². The van der Waals surface area contributed by atoms with Crippen LogP contribution in [0.15, 0.2) is 0 Å². The van der Waals surface area contributed by atoms with Crippen LogP contribution >= 0.6 is 0 Å². The maximum atomic E-state index is 10.6. The second-order valence-corrected chi connectivity index (χ2v) is 3.01. The second kappa shape index (κ2) is 3.51. The molecule has 1 fully saturated rings. The molecule has 0 saturated carbocycles. The minimum absolute atomic E-state index is 0.128. The van der Waals surface area contributed by atoms with E-state index >= 15 is 0 Å². The Morgan fingerprint density at radius 3 is 2.75 bits per heavy atom. The van der Waals surface area contributed by atoms with Gasteiger partial charge >= 0.3 is 0 Å². The Kier molecular flexibility index (Phi) is 2.82. The number of hydrogen-bond donors (Lipinski definition) is 2. The number of aliphatic hydroxyl groups is 2. The van der Waals surface area contributed by atoms with Crippen molar-refractivity contribution < 1.29 is 19.7 Å². The lowest BCUT2D eigenvalue weighted by atomic mass is 9.96. The number of hydrogen-bond acceptors (Lipinski definition) is 4. The standard InChI is InChI=1S/C8H14O4/c1-2-7-8(5-10,12-7)6(11)3-4-9/h5-7,9,11H,2-4H2,1H3/t6-,7+,8+/m1/s1. The number of aldehydes is 1. The minimum Gasteiger partial charge on any atom is -0.396 e. The molecule has 0 aliphatic carbocycles. The van der Waals surface area contributed by atoms with Gasteiger partial charge in [0.25, 0.3) is 0 Å². The summed E-state index contributed by atoms with van der Waals surface area (Å²) in [5.74, 6) is 0. The largest absolute Gasteiger partial charge is 0.396 e. The number of carbonyl (C=O) groups is 1. The molecule has 0 aromatic carbocycles. The fraction of sp³-hybridized carbons (Fsp3) is 0.875. The fourth-order valence-corrected chi connectivity index (χ4v) is 1.44. The average Bonchev–Trinajstić information content (AvgIpc) is 2.80. The Labute approximate surface area is 71.2 Å². The first kappa shape index (κ1) is 9.64. The molecule has 1 saturated heterocycles. The van der Waals surface area contributed by atoms with Crippen molar-refractivity contribution in [2.45, 2.75) is 37.6 Å². The third-order valence-electron chi connectivity index (χ3n) is 2.27. The Morgan fingerprint density at radius 2 is 2.42 bits per heavy atom. The Morgan fingerprint density at radius 1 is 1.75 bits per heavy atom. The smallest absolute Gasteiger partial charge is 0.175 e. The molecule has 0 aromatic heterocycles. The molecule has 0 bridgehead atoms. The zero-order valence-electron chi connectivity index (χ0n) is 7.06. The highest BCUT2D eigenvalue weighted by Crippen LogP contribution is 2.40. The summed E-state index contributed by atoms with van der Waals surface area (Å²) in [6.07, 6.45) is 0.499. The zero-order chi connectivity index (χ0) is 9.19. The average molecular weight is 174 g/mol. The molecule has 1 aliphatic heterocycles. The predicted octanol–water partition coefficient (Wildman–Crippen LogP) is -0.524. The van der Waals surface area contributed by atoms with E-state index in [0.717, 1.165) is 0 Å². The van der Waals surface area contributed by atoms with Crippen molar-refractivity contribution in [1.82, 2.24) is 0 Å². The summed E-state index contributed by atoms with van der Waals surface area (Å²) in [4.78, 5) is 10.6. The third kappa shape index (κ3) is 1.37. The number of ether oxygens (including phenoxy) is 1. The molecule has 0 spiro atoms. The quantitative estimate of drug-likeness (QED) is 0.434. The molecule has 1 aliphatic rings. The maximum Gasteiger partial charge on any atom is 0.175 e. The van der Waals surface area contributed by atoms with Crippen LogP contribution in [0, 0.1) is 0 Å². The highest BCUT2D eigenvalue weighted by Gasteiger charge is 2.60. The van der Waals surface area contributed by atoms with Gasteiger partial charge in [-0.25, -0.2) is 0 Å². The summed E-state index contributed by atoms with van der Waals surface area (Å²) in [5.41, 5.74) is -1.02. The number of aliphatic hydroxyl groups excluding tert-OH is 2. The van der Waals surface area contributed by atoms with E-state index in [4.69, 9.17) is 9.84 Å². The van der Waals surface area contributed by atoms with E-state index in [-0.39, 0.29) is 19.1 Å². The first-order valence-corrected chi connectivity index (χ1v) is 4.14. The minimum atomic E-state index is -1.02. The lowest BCUT2D eigenvalue weighted by molar-refractivity contribution is -0.116. The summed E-state index contributed by atoms with van der Waals surface area (Å²) in [6, 6.07) is 0. The first-order chi connectivity index (χ1) is 5.71. The molecular formula is C8H14O4. The number of rotatable bonds is 5. The highest BCUT2D eigenvalue weighted by molar-refractivity contribution is 5.69. The third-order valence-corrected chi connectivity index (χ3v) is 2.27. The molecule has 0 aromatic rings. The zero-order valence-corrected chi connectivity index (χ0v) is 7.06. The van der Waals surface area contributed by atoms with Gasteiger partial charge in [-0.2, -0.15) is 0 Å². The molecule has 3 atom stereocenters. The van der Waals surface area contributed by atoms with Crippen molar-refractivity contribution in [2.75, 3.05) is 6.61 Å². The molecular weight excluding hydrogens is 160 g/mol. The molecule has 1 rings (SSSR count). The van der Waals surface area contributed by atoms with Gasteiger partial charge in [0.15, 0.2) is 11.9 Å². The summed E-state index contributed by atoms with van der Waals surface area (Å²) in [6.45, 7) is 1.76. The molecule has 0 radical (unpaired) electrons. The summed E-state index contributed by atoms with van der Waals surface area (Å²) < 4.78 is 5.09. The summed E-state index contributed by atoms with van der Waals surface area (Å²) >= 11 is 0. The van der Waals surface area contributed by atoms with E-state index in [9.17, 15) is 9.90 Å². The van der Waals surface area contributed by atoms with Crippen LogP contribution in [0.25, 0.3) is 0 Å². The monoisotopic (exact) mass is 174 g/mol. The molecule has 2 N–H and O–H groups in total. The number of epoxide rings is 1. The van der Waals surface area contributed by atoms with Crippen LogP contribution in [0.5, 0.6) is 0 Å². The molecule has 12 heavy (non-hydrogen) atoms. The SMILES string of the molecule is CC[C@@H]1O[C@@]1(C=O)[C@H](O)CCO. The van der Waals surface area contributed by atoms with Gasteiger partial charge in [-0.3, -0.25) is 4.79 Å². The van der Waals surface area contributed by atoms with Gasteiger partial charge in [0.05, 0.1) is 12.2 Å². The van der Waals surface area contributed by atoms with Gasteiger partial charge in [-0.1, -0.05) is 6.92 Å².